The Morgan fingerprint density at radius 2 is 1.63 bits per heavy atom. The first-order chi connectivity index (χ1) is 14.5. The van der Waals surface area contributed by atoms with Crippen LogP contribution in [0, 0.1) is 6.92 Å². The average molecular weight is 398 g/mol. The number of hydrogen-bond donors (Lipinski definition) is 1. The van der Waals surface area contributed by atoms with E-state index in [4.69, 9.17) is 4.74 Å². The summed E-state index contributed by atoms with van der Waals surface area (Å²) in [5, 5.41) is 2.89. The van der Waals surface area contributed by atoms with Crippen LogP contribution in [0.4, 0.5) is 5.69 Å². The fourth-order valence-corrected chi connectivity index (χ4v) is 3.39. The summed E-state index contributed by atoms with van der Waals surface area (Å²) < 4.78 is 5.93. The van der Waals surface area contributed by atoms with Crippen molar-refractivity contribution < 1.29 is 14.3 Å². The molecule has 1 N–H and O–H groups in total. The molecule has 0 atom stereocenters. The average Bonchev–Trinajstić information content (AvgIpc) is 3.00. The number of para-hydroxylation sites is 2. The molecular weight excluding hydrogens is 376 g/mol. The molecule has 3 aromatic rings. The van der Waals surface area contributed by atoms with Crippen LogP contribution in [-0.4, -0.2) is 23.3 Å². The quantitative estimate of drug-likeness (QED) is 0.618. The highest BCUT2D eigenvalue weighted by atomic mass is 16.5. The van der Waals surface area contributed by atoms with Gasteiger partial charge in [0.1, 0.15) is 5.75 Å². The number of nitrogens with zero attached hydrogens (tertiary/aromatic N) is 1. The van der Waals surface area contributed by atoms with Gasteiger partial charge in [0.15, 0.2) is 5.75 Å². The second kappa shape index (κ2) is 8.25. The fourth-order valence-electron chi connectivity index (χ4n) is 3.39. The van der Waals surface area contributed by atoms with Crippen LogP contribution < -0.4 is 10.1 Å². The van der Waals surface area contributed by atoms with Crippen molar-refractivity contribution in [1.82, 2.24) is 4.90 Å². The van der Waals surface area contributed by atoms with Gasteiger partial charge in [-0.05, 0) is 37.3 Å². The number of carbonyl (C=O) groups excluding carboxylic acids is 2. The van der Waals surface area contributed by atoms with E-state index in [-0.39, 0.29) is 24.8 Å². The fraction of sp³-hybridized carbons (Fsp3) is 0.120. The lowest BCUT2D eigenvalue weighted by atomic mass is 10.1. The molecule has 0 saturated heterocycles. The third-order valence-corrected chi connectivity index (χ3v) is 5.01. The molecule has 0 radical (unpaired) electrons. The van der Waals surface area contributed by atoms with Gasteiger partial charge >= 0.3 is 0 Å². The van der Waals surface area contributed by atoms with Crippen LogP contribution in [0.25, 0.3) is 5.70 Å². The third-order valence-electron chi connectivity index (χ3n) is 5.01. The maximum absolute atomic E-state index is 12.6. The van der Waals surface area contributed by atoms with Gasteiger partial charge in [-0.3, -0.25) is 9.59 Å². The number of nitrogens with one attached hydrogen (secondary N) is 1. The normalized spacial score (nSPS) is 12.6. The number of rotatable bonds is 6. The van der Waals surface area contributed by atoms with Crippen molar-refractivity contribution in [3.8, 4) is 11.5 Å². The first-order valence-electron chi connectivity index (χ1n) is 9.76. The molecule has 0 fully saturated rings. The zero-order valence-corrected chi connectivity index (χ0v) is 16.7. The number of fused-ring (bicyclic) bond motifs is 1. The van der Waals surface area contributed by atoms with E-state index in [1.807, 2.05) is 61.5 Å². The number of hydrogen-bond acceptors (Lipinski definition) is 3. The highest BCUT2D eigenvalue weighted by molar-refractivity contribution is 6.09. The van der Waals surface area contributed by atoms with Crippen molar-refractivity contribution in [3.05, 3.63) is 96.1 Å². The van der Waals surface area contributed by atoms with E-state index >= 15 is 0 Å². The van der Waals surface area contributed by atoms with Gasteiger partial charge in [0.2, 0.25) is 5.91 Å². The molecule has 0 saturated carbocycles. The van der Waals surface area contributed by atoms with E-state index < -0.39 is 0 Å². The molecule has 0 spiro atoms. The Balaban J connectivity index is 1.40. The van der Waals surface area contributed by atoms with Crippen molar-refractivity contribution in [2.24, 2.45) is 0 Å². The van der Waals surface area contributed by atoms with Crippen LogP contribution >= 0.6 is 0 Å². The SMILES string of the molecule is C=C1c2ccccc2C(=O)N1CCC(=O)Nc1ccccc1Oc1ccc(C)cc1. The lowest BCUT2D eigenvalue weighted by molar-refractivity contribution is -0.116. The highest BCUT2D eigenvalue weighted by Crippen LogP contribution is 2.32. The molecule has 1 heterocycles. The van der Waals surface area contributed by atoms with E-state index in [0.717, 1.165) is 11.1 Å². The number of ether oxygens (including phenoxy) is 1. The van der Waals surface area contributed by atoms with Gasteiger partial charge in [0.25, 0.3) is 5.91 Å². The van der Waals surface area contributed by atoms with Gasteiger partial charge < -0.3 is 15.0 Å². The van der Waals surface area contributed by atoms with E-state index in [1.165, 1.54) is 0 Å². The van der Waals surface area contributed by atoms with Crippen molar-refractivity contribution in [3.63, 3.8) is 0 Å². The van der Waals surface area contributed by atoms with E-state index in [2.05, 4.69) is 11.9 Å². The van der Waals surface area contributed by atoms with E-state index in [1.54, 1.807) is 23.1 Å². The molecule has 5 nitrogen and oxygen atoms in total. The van der Waals surface area contributed by atoms with Gasteiger partial charge in [-0.2, -0.15) is 0 Å². The molecule has 5 heteroatoms. The van der Waals surface area contributed by atoms with Crippen molar-refractivity contribution in [2.45, 2.75) is 13.3 Å². The first-order valence-corrected chi connectivity index (χ1v) is 9.76. The Bertz CT molecular complexity index is 1080. The second-order valence-corrected chi connectivity index (χ2v) is 7.16. The van der Waals surface area contributed by atoms with E-state index in [9.17, 15) is 9.59 Å². The van der Waals surface area contributed by atoms with Crippen LogP contribution in [0.2, 0.25) is 0 Å². The smallest absolute Gasteiger partial charge is 0.258 e. The second-order valence-electron chi connectivity index (χ2n) is 7.16. The number of anilines is 1. The van der Waals surface area contributed by atoms with Gasteiger partial charge in [0.05, 0.1) is 5.69 Å². The topological polar surface area (TPSA) is 58.6 Å². The minimum absolute atomic E-state index is 0.119. The summed E-state index contributed by atoms with van der Waals surface area (Å²) in [4.78, 5) is 26.7. The summed E-state index contributed by atoms with van der Waals surface area (Å²) in [5.41, 5.74) is 3.80. The molecule has 0 unspecified atom stereocenters. The molecule has 3 aromatic carbocycles. The lowest BCUT2D eigenvalue weighted by Crippen LogP contribution is -2.27. The van der Waals surface area contributed by atoms with Crippen LogP contribution in [0.15, 0.2) is 79.4 Å². The Labute approximate surface area is 175 Å². The number of amides is 2. The van der Waals surface area contributed by atoms with Gasteiger partial charge in [-0.15, -0.1) is 0 Å². The monoisotopic (exact) mass is 398 g/mol. The zero-order valence-electron chi connectivity index (χ0n) is 16.7. The maximum Gasteiger partial charge on any atom is 0.258 e. The lowest BCUT2D eigenvalue weighted by Gasteiger charge is -2.17. The molecule has 0 aliphatic carbocycles. The molecule has 150 valence electrons. The zero-order chi connectivity index (χ0) is 21.1. The predicted molar refractivity (Wildman–Crippen MR) is 117 cm³/mol. The summed E-state index contributed by atoms with van der Waals surface area (Å²) in [7, 11) is 0. The number of benzene rings is 3. The van der Waals surface area contributed by atoms with Crippen LogP contribution in [0.3, 0.4) is 0 Å². The van der Waals surface area contributed by atoms with Crippen molar-refractivity contribution in [2.75, 3.05) is 11.9 Å². The van der Waals surface area contributed by atoms with Gasteiger partial charge in [-0.1, -0.05) is 54.6 Å². The minimum atomic E-state index is -0.202. The highest BCUT2D eigenvalue weighted by Gasteiger charge is 2.30. The molecule has 4 rings (SSSR count). The predicted octanol–water partition coefficient (Wildman–Crippen LogP) is 5.24. The molecule has 1 aliphatic heterocycles. The number of carbonyl (C=O) groups is 2. The molecule has 30 heavy (non-hydrogen) atoms. The Kier molecular flexibility index (Phi) is 5.35. The molecule has 0 bridgehead atoms. The largest absolute Gasteiger partial charge is 0.455 e. The third kappa shape index (κ3) is 3.96. The summed E-state index contributed by atoms with van der Waals surface area (Å²) in [6, 6.07) is 22.3. The molecule has 2 amide bonds. The number of aryl methyl sites for hydroxylation is 1. The van der Waals surface area contributed by atoms with Crippen molar-refractivity contribution >= 4 is 23.2 Å². The Morgan fingerprint density at radius 3 is 2.37 bits per heavy atom. The summed E-state index contributed by atoms with van der Waals surface area (Å²) in [6.45, 7) is 6.28. The Hall–Kier alpha value is -3.86. The van der Waals surface area contributed by atoms with Crippen LogP contribution in [0.1, 0.15) is 27.9 Å². The van der Waals surface area contributed by atoms with Crippen molar-refractivity contribution in [1.29, 1.82) is 0 Å². The van der Waals surface area contributed by atoms with Gasteiger partial charge in [-0.25, -0.2) is 0 Å². The first kappa shape index (κ1) is 19.5. The summed E-state index contributed by atoms with van der Waals surface area (Å²) in [6.07, 6.45) is 0.150. The van der Waals surface area contributed by atoms with Crippen LogP contribution in [-0.2, 0) is 4.79 Å². The minimum Gasteiger partial charge on any atom is -0.455 e. The maximum atomic E-state index is 12.6. The molecule has 0 aromatic heterocycles. The van der Waals surface area contributed by atoms with E-state index in [0.29, 0.717) is 28.4 Å². The summed E-state index contributed by atoms with van der Waals surface area (Å²) >= 11 is 0. The summed E-state index contributed by atoms with van der Waals surface area (Å²) in [5.74, 6) is 0.931. The van der Waals surface area contributed by atoms with Crippen LogP contribution in [0.5, 0.6) is 11.5 Å². The molecular formula is C25H22N2O3. The van der Waals surface area contributed by atoms with Gasteiger partial charge in [0, 0.05) is 29.8 Å². The Morgan fingerprint density at radius 1 is 0.967 bits per heavy atom. The standard InChI is InChI=1S/C25H22N2O3/c1-17-11-13-19(14-12-17)30-23-10-6-5-9-22(23)26-24(28)15-16-27-18(2)20-7-3-4-8-21(20)25(27)29/h3-14H,2,15-16H2,1H3,(H,26,28). The molecule has 1 aliphatic rings.